The zero-order valence-electron chi connectivity index (χ0n) is 22.2. The number of carbonyl (C=O) groups excluding carboxylic acids is 3. The highest BCUT2D eigenvalue weighted by atomic mass is 16.6. The molecule has 5 rings (SSSR count). The Bertz CT molecular complexity index is 1750. The van der Waals surface area contributed by atoms with Crippen LogP contribution in [0.4, 0.5) is 16.2 Å². The van der Waals surface area contributed by atoms with Gasteiger partial charge in [-0.3, -0.25) is 25.0 Å². The molecule has 0 aromatic heterocycles. The van der Waals surface area contributed by atoms with Crippen molar-refractivity contribution in [3.05, 3.63) is 111 Å². The van der Waals surface area contributed by atoms with Crippen LogP contribution in [0.15, 0.2) is 84.4 Å². The summed E-state index contributed by atoms with van der Waals surface area (Å²) in [7, 11) is 0. The van der Waals surface area contributed by atoms with E-state index in [1.54, 1.807) is 18.2 Å². The Balaban J connectivity index is 1.44. The summed E-state index contributed by atoms with van der Waals surface area (Å²) in [5, 5.41) is 15.5. The second-order valence-corrected chi connectivity index (χ2v) is 9.24. The number of nitro groups is 1. The molecule has 1 aliphatic heterocycles. The van der Waals surface area contributed by atoms with Crippen molar-refractivity contribution >= 4 is 46.1 Å². The minimum atomic E-state index is -1.000. The van der Waals surface area contributed by atoms with Crippen LogP contribution in [0.1, 0.15) is 23.6 Å². The number of rotatable bonds is 8. The summed E-state index contributed by atoms with van der Waals surface area (Å²) < 4.78 is 12.0. The first-order valence-corrected chi connectivity index (χ1v) is 12.8. The largest absolute Gasteiger partial charge is 0.490 e. The smallest absolute Gasteiger partial charge is 0.335 e. The number of nitrogens with zero attached hydrogens (tertiary/aromatic N) is 2. The van der Waals surface area contributed by atoms with Gasteiger partial charge in [0.1, 0.15) is 12.2 Å². The second kappa shape index (κ2) is 11.3. The number of ether oxygens (including phenoxy) is 2. The molecule has 1 aliphatic rings. The summed E-state index contributed by atoms with van der Waals surface area (Å²) in [6.07, 6.45) is 1.33. The fraction of sp³-hybridized carbons (Fsp3) is 0.129. The van der Waals surface area contributed by atoms with E-state index in [4.69, 9.17) is 9.47 Å². The van der Waals surface area contributed by atoms with Crippen LogP contribution >= 0.6 is 0 Å². The Morgan fingerprint density at radius 1 is 0.927 bits per heavy atom. The lowest BCUT2D eigenvalue weighted by atomic mass is 10.0. The molecule has 1 heterocycles. The van der Waals surface area contributed by atoms with E-state index in [1.807, 2.05) is 44.2 Å². The maximum Gasteiger partial charge on any atom is 0.335 e. The van der Waals surface area contributed by atoms with Crippen molar-refractivity contribution in [3.8, 4) is 11.5 Å². The Morgan fingerprint density at radius 3 is 2.51 bits per heavy atom. The third-order valence-corrected chi connectivity index (χ3v) is 6.63. The van der Waals surface area contributed by atoms with E-state index in [0.717, 1.165) is 28.0 Å². The number of hydrogen-bond donors (Lipinski definition) is 1. The van der Waals surface area contributed by atoms with Gasteiger partial charge in [0, 0.05) is 17.7 Å². The topological polar surface area (TPSA) is 128 Å². The lowest BCUT2D eigenvalue weighted by Gasteiger charge is -2.26. The number of fused-ring (bicyclic) bond motifs is 1. The molecule has 1 fully saturated rings. The predicted octanol–water partition coefficient (Wildman–Crippen LogP) is 5.70. The highest BCUT2D eigenvalue weighted by molar-refractivity contribution is 6.39. The third kappa shape index (κ3) is 5.48. The minimum Gasteiger partial charge on any atom is -0.490 e. The zero-order valence-corrected chi connectivity index (χ0v) is 22.2. The number of anilines is 1. The number of non-ortho nitro benzene ring substituents is 1. The van der Waals surface area contributed by atoms with Gasteiger partial charge < -0.3 is 9.47 Å². The summed E-state index contributed by atoms with van der Waals surface area (Å²) in [5.41, 5.74) is 1.93. The molecule has 0 aliphatic carbocycles. The van der Waals surface area contributed by atoms with Crippen LogP contribution in [0.3, 0.4) is 0 Å². The van der Waals surface area contributed by atoms with Crippen molar-refractivity contribution < 1.29 is 28.8 Å². The number of carbonyl (C=O) groups is 3. The molecule has 0 saturated carbocycles. The number of barbiturate groups is 1. The summed E-state index contributed by atoms with van der Waals surface area (Å²) in [6, 6.07) is 21.2. The Kier molecular flexibility index (Phi) is 7.47. The monoisotopic (exact) mass is 551 g/mol. The van der Waals surface area contributed by atoms with Crippen LogP contribution in [0.25, 0.3) is 16.8 Å². The lowest BCUT2D eigenvalue weighted by molar-refractivity contribution is -0.384. The molecule has 10 nitrogen and oxygen atoms in total. The molecular weight excluding hydrogens is 526 g/mol. The summed E-state index contributed by atoms with van der Waals surface area (Å²) in [5.74, 6) is -0.903. The van der Waals surface area contributed by atoms with Crippen LogP contribution in [0, 0.1) is 17.0 Å². The average Bonchev–Trinajstić information content (AvgIpc) is 2.96. The molecule has 10 heteroatoms. The molecule has 206 valence electrons. The van der Waals surface area contributed by atoms with Crippen molar-refractivity contribution in [1.82, 2.24) is 5.32 Å². The molecule has 0 unspecified atom stereocenters. The van der Waals surface area contributed by atoms with Crippen molar-refractivity contribution in [2.75, 3.05) is 11.5 Å². The van der Waals surface area contributed by atoms with E-state index in [1.165, 1.54) is 24.3 Å². The molecular formula is C31H25N3O7. The van der Waals surface area contributed by atoms with Crippen LogP contribution in [0.5, 0.6) is 11.5 Å². The van der Waals surface area contributed by atoms with Gasteiger partial charge in [0.2, 0.25) is 0 Å². The van der Waals surface area contributed by atoms with E-state index in [-0.39, 0.29) is 16.9 Å². The van der Waals surface area contributed by atoms with Crippen molar-refractivity contribution in [2.45, 2.75) is 20.5 Å². The highest BCUT2D eigenvalue weighted by Gasteiger charge is 2.37. The fourth-order valence-corrected chi connectivity index (χ4v) is 4.59. The van der Waals surface area contributed by atoms with Gasteiger partial charge in [-0.2, -0.15) is 0 Å². The summed E-state index contributed by atoms with van der Waals surface area (Å²) in [6.45, 7) is 4.50. The van der Waals surface area contributed by atoms with Crippen molar-refractivity contribution in [1.29, 1.82) is 0 Å². The van der Waals surface area contributed by atoms with Gasteiger partial charge in [-0.1, -0.05) is 48.5 Å². The van der Waals surface area contributed by atoms with Gasteiger partial charge >= 0.3 is 6.03 Å². The normalized spacial score (nSPS) is 14.3. The highest BCUT2D eigenvalue weighted by Crippen LogP contribution is 2.32. The van der Waals surface area contributed by atoms with Gasteiger partial charge in [0.05, 0.1) is 17.2 Å². The standard InChI is InChI=1S/C31H25N3O7/c1-3-40-28-16-20(12-14-27(28)41-18-26-19(2)11-13-21-7-4-5-10-24(21)26)15-25-29(35)32-31(37)33(30(25)36)22-8-6-9-23(17-22)34(38)39/h4-17H,3,18H2,1-2H3,(H,32,35,37)/b25-15+. The molecule has 1 saturated heterocycles. The van der Waals surface area contributed by atoms with Gasteiger partial charge in [0.15, 0.2) is 11.5 Å². The van der Waals surface area contributed by atoms with Gasteiger partial charge in [-0.15, -0.1) is 0 Å². The SMILES string of the molecule is CCOc1cc(/C=C2\C(=O)NC(=O)N(c3cccc([N+](=O)[O-])c3)C2=O)ccc1OCc1c(C)ccc2ccccc12. The first kappa shape index (κ1) is 27.1. The summed E-state index contributed by atoms with van der Waals surface area (Å²) in [4.78, 5) is 49.6. The molecule has 0 atom stereocenters. The molecule has 0 spiro atoms. The zero-order chi connectivity index (χ0) is 29.1. The number of hydrogen-bond acceptors (Lipinski definition) is 7. The molecule has 41 heavy (non-hydrogen) atoms. The third-order valence-electron chi connectivity index (χ3n) is 6.63. The average molecular weight is 552 g/mol. The van der Waals surface area contributed by atoms with Gasteiger partial charge in [-0.05, 0) is 60.0 Å². The Morgan fingerprint density at radius 2 is 1.73 bits per heavy atom. The number of nitrogens with one attached hydrogen (secondary N) is 1. The van der Waals surface area contributed by atoms with Crippen LogP contribution in [-0.4, -0.2) is 29.4 Å². The van der Waals surface area contributed by atoms with E-state index < -0.39 is 22.8 Å². The molecule has 0 bridgehead atoms. The molecule has 4 aromatic rings. The molecule has 4 aromatic carbocycles. The maximum absolute atomic E-state index is 13.3. The molecule has 4 amide bonds. The van der Waals surface area contributed by atoms with E-state index in [9.17, 15) is 24.5 Å². The first-order chi connectivity index (χ1) is 19.8. The quantitative estimate of drug-likeness (QED) is 0.129. The van der Waals surface area contributed by atoms with Crippen molar-refractivity contribution in [3.63, 3.8) is 0 Å². The Labute approximate surface area is 234 Å². The number of urea groups is 1. The first-order valence-electron chi connectivity index (χ1n) is 12.8. The minimum absolute atomic E-state index is 0.0393. The van der Waals surface area contributed by atoms with Crippen LogP contribution in [-0.2, 0) is 16.2 Å². The number of nitro benzene ring substituents is 1. The van der Waals surface area contributed by atoms with Crippen LogP contribution in [0.2, 0.25) is 0 Å². The number of benzene rings is 4. The fourth-order valence-electron chi connectivity index (χ4n) is 4.59. The predicted molar refractivity (Wildman–Crippen MR) is 153 cm³/mol. The number of amides is 4. The van der Waals surface area contributed by atoms with Crippen LogP contribution < -0.4 is 19.7 Å². The van der Waals surface area contributed by atoms with E-state index in [0.29, 0.717) is 35.2 Å². The second-order valence-electron chi connectivity index (χ2n) is 9.24. The number of imide groups is 2. The molecule has 0 radical (unpaired) electrons. The van der Waals surface area contributed by atoms with Crippen molar-refractivity contribution in [2.24, 2.45) is 0 Å². The number of aryl methyl sites for hydroxylation is 1. The van der Waals surface area contributed by atoms with E-state index in [2.05, 4.69) is 11.4 Å². The maximum atomic E-state index is 13.3. The van der Waals surface area contributed by atoms with Gasteiger partial charge in [0.25, 0.3) is 17.5 Å². The van der Waals surface area contributed by atoms with E-state index >= 15 is 0 Å². The summed E-state index contributed by atoms with van der Waals surface area (Å²) >= 11 is 0. The lowest BCUT2D eigenvalue weighted by Crippen LogP contribution is -2.54. The van der Waals surface area contributed by atoms with Gasteiger partial charge in [-0.25, -0.2) is 9.69 Å². The Hall–Kier alpha value is -5.51. The molecule has 1 N–H and O–H groups in total.